The molecule has 9 heteroatoms. The van der Waals surface area contributed by atoms with Crippen molar-refractivity contribution in [3.63, 3.8) is 0 Å². The van der Waals surface area contributed by atoms with Crippen LogP contribution in [0.25, 0.3) is 6.08 Å². The van der Waals surface area contributed by atoms with Gasteiger partial charge in [0, 0.05) is 12.6 Å². The average molecular weight is 550 g/mol. The Morgan fingerprint density at radius 3 is 1.98 bits per heavy atom. The van der Waals surface area contributed by atoms with Crippen LogP contribution in [-0.4, -0.2) is 66.6 Å². The molecule has 1 aliphatic rings. The van der Waals surface area contributed by atoms with Crippen molar-refractivity contribution in [1.29, 1.82) is 0 Å². The van der Waals surface area contributed by atoms with E-state index in [1.807, 2.05) is 36.4 Å². The van der Waals surface area contributed by atoms with Gasteiger partial charge in [0.1, 0.15) is 6.61 Å². The van der Waals surface area contributed by atoms with Gasteiger partial charge in [0.15, 0.2) is 34.5 Å². The first-order chi connectivity index (χ1) is 19.5. The van der Waals surface area contributed by atoms with E-state index in [0.717, 1.165) is 16.7 Å². The van der Waals surface area contributed by atoms with E-state index in [2.05, 4.69) is 0 Å². The minimum atomic E-state index is -0.384. The molecular weight excluding hydrogens is 514 g/mol. The van der Waals surface area contributed by atoms with Crippen LogP contribution in [0, 0.1) is 0 Å². The van der Waals surface area contributed by atoms with Crippen LogP contribution in [0.3, 0.4) is 0 Å². The molecule has 0 saturated carbocycles. The third-order valence-corrected chi connectivity index (χ3v) is 6.86. The largest absolute Gasteiger partial charge is 0.493 e. The molecule has 1 amide bonds. The lowest BCUT2D eigenvalue weighted by atomic mass is 9.92. The molecule has 0 radical (unpaired) electrons. The molecule has 4 rings (SSSR count). The summed E-state index contributed by atoms with van der Waals surface area (Å²) < 4.78 is 39.1. The predicted octanol–water partition coefficient (Wildman–Crippen LogP) is 4.96. The van der Waals surface area contributed by atoms with Gasteiger partial charge in [0.25, 0.3) is 0 Å². The molecule has 1 atom stereocenters. The number of hydrogen-bond acceptors (Lipinski definition) is 8. The van der Waals surface area contributed by atoms with Crippen LogP contribution in [0.5, 0.6) is 40.2 Å². The average Bonchev–Trinajstić information content (AvgIpc) is 3.00. The fourth-order valence-electron chi connectivity index (χ4n) is 4.84. The summed E-state index contributed by atoms with van der Waals surface area (Å²) in [4.78, 5) is 15.5. The first-order valence-electron chi connectivity index (χ1n) is 12.8. The molecular formula is C31H35NO8. The van der Waals surface area contributed by atoms with Gasteiger partial charge in [0.05, 0.1) is 48.7 Å². The van der Waals surface area contributed by atoms with Gasteiger partial charge in [0.2, 0.25) is 11.7 Å². The number of ether oxygens (including phenoxy) is 7. The number of hydrogen-bond donors (Lipinski definition) is 0. The van der Waals surface area contributed by atoms with E-state index in [1.54, 1.807) is 71.8 Å². The quantitative estimate of drug-likeness (QED) is 0.311. The normalized spacial score (nSPS) is 14.3. The van der Waals surface area contributed by atoms with E-state index in [0.29, 0.717) is 53.2 Å². The first-order valence-corrected chi connectivity index (χ1v) is 12.8. The zero-order valence-corrected chi connectivity index (χ0v) is 23.7. The Morgan fingerprint density at radius 2 is 1.38 bits per heavy atom. The molecule has 0 saturated heterocycles. The predicted molar refractivity (Wildman–Crippen MR) is 151 cm³/mol. The second-order valence-corrected chi connectivity index (χ2v) is 8.96. The van der Waals surface area contributed by atoms with E-state index in [1.165, 1.54) is 0 Å². The molecule has 0 fully saturated rings. The van der Waals surface area contributed by atoms with E-state index < -0.39 is 0 Å². The summed E-state index contributed by atoms with van der Waals surface area (Å²) in [6, 6.07) is 14.5. The maximum absolute atomic E-state index is 13.7. The molecule has 40 heavy (non-hydrogen) atoms. The molecule has 1 heterocycles. The number of fused-ring (bicyclic) bond motifs is 1. The molecule has 0 N–H and O–H groups in total. The molecule has 212 valence electrons. The van der Waals surface area contributed by atoms with Crippen LogP contribution in [0.1, 0.15) is 22.7 Å². The molecule has 3 aromatic carbocycles. The highest BCUT2D eigenvalue weighted by molar-refractivity contribution is 5.92. The third-order valence-electron chi connectivity index (χ3n) is 6.86. The van der Waals surface area contributed by atoms with Crippen molar-refractivity contribution in [3.8, 4) is 40.2 Å². The van der Waals surface area contributed by atoms with Gasteiger partial charge >= 0.3 is 0 Å². The smallest absolute Gasteiger partial charge is 0.247 e. The molecule has 1 unspecified atom stereocenters. The lowest BCUT2D eigenvalue weighted by molar-refractivity contribution is -0.129. The fourth-order valence-corrected chi connectivity index (χ4v) is 4.84. The lowest BCUT2D eigenvalue weighted by Crippen LogP contribution is -2.41. The monoisotopic (exact) mass is 549 g/mol. The summed E-state index contributed by atoms with van der Waals surface area (Å²) in [6.45, 7) is 0.716. The Hall–Kier alpha value is -4.53. The van der Waals surface area contributed by atoms with Gasteiger partial charge in [-0.3, -0.25) is 4.79 Å². The van der Waals surface area contributed by atoms with Crippen molar-refractivity contribution in [2.24, 2.45) is 0 Å². The summed E-state index contributed by atoms with van der Waals surface area (Å²) in [7, 11) is 9.45. The lowest BCUT2D eigenvalue weighted by Gasteiger charge is -2.37. The minimum absolute atomic E-state index is 0.164. The Bertz CT molecular complexity index is 1340. The van der Waals surface area contributed by atoms with Crippen LogP contribution in [0.15, 0.2) is 54.6 Å². The second kappa shape index (κ2) is 13.0. The Balaban J connectivity index is 1.67. The molecule has 3 aromatic rings. The molecule has 0 aromatic heterocycles. The van der Waals surface area contributed by atoms with Crippen LogP contribution in [0.2, 0.25) is 0 Å². The fraction of sp³-hybridized carbons (Fsp3) is 0.323. The zero-order chi connectivity index (χ0) is 28.6. The Kier molecular flexibility index (Phi) is 9.27. The van der Waals surface area contributed by atoms with Gasteiger partial charge in [-0.05, 0) is 65.6 Å². The van der Waals surface area contributed by atoms with Gasteiger partial charge < -0.3 is 38.1 Å². The summed E-state index contributed by atoms with van der Waals surface area (Å²) in [5.41, 5.74) is 2.74. The maximum Gasteiger partial charge on any atom is 0.247 e. The van der Waals surface area contributed by atoms with Crippen molar-refractivity contribution in [2.75, 3.05) is 55.8 Å². The van der Waals surface area contributed by atoms with Crippen molar-refractivity contribution in [3.05, 3.63) is 71.3 Å². The highest BCUT2D eigenvalue weighted by atomic mass is 16.5. The molecule has 0 aliphatic carbocycles. The van der Waals surface area contributed by atoms with Gasteiger partial charge in [-0.25, -0.2) is 0 Å². The minimum Gasteiger partial charge on any atom is -0.493 e. The first kappa shape index (κ1) is 28.5. The summed E-state index contributed by atoms with van der Waals surface area (Å²) in [5, 5.41) is 0. The van der Waals surface area contributed by atoms with Gasteiger partial charge in [-0.2, -0.15) is 0 Å². The molecule has 0 spiro atoms. The van der Waals surface area contributed by atoms with Gasteiger partial charge in [-0.1, -0.05) is 12.1 Å². The molecule has 9 nitrogen and oxygen atoms in total. The number of carbonyl (C=O) groups is 1. The van der Waals surface area contributed by atoms with Gasteiger partial charge in [-0.15, -0.1) is 0 Å². The molecule has 0 bridgehead atoms. The number of benzene rings is 3. The number of para-hydroxylation sites is 2. The number of nitrogens with zero attached hydrogens (tertiary/aromatic N) is 1. The van der Waals surface area contributed by atoms with Crippen LogP contribution >= 0.6 is 0 Å². The highest BCUT2D eigenvalue weighted by Crippen LogP contribution is 2.40. The van der Waals surface area contributed by atoms with Crippen molar-refractivity contribution in [2.45, 2.75) is 12.5 Å². The molecule has 1 aliphatic heterocycles. The SMILES string of the molecule is COc1cc2c(cc1OC)C(COc1ccccc1OC)N(C(=O)/C=C/c1cc(OC)c(OC)c(OC)c1)CC2. The zero-order valence-electron chi connectivity index (χ0n) is 23.7. The van der Waals surface area contributed by atoms with E-state index >= 15 is 0 Å². The second-order valence-electron chi connectivity index (χ2n) is 8.96. The van der Waals surface area contributed by atoms with Crippen LogP contribution in [-0.2, 0) is 11.2 Å². The standard InChI is InChI=1S/C31H35NO8/c1-34-24-9-7-8-10-25(24)40-19-23-22-18-27(36-3)26(35-2)17-21(22)13-14-32(23)30(33)12-11-20-15-28(37-4)31(39-6)29(16-20)38-5/h7-12,15-18,23H,13-14,19H2,1-6H3/b12-11+. The summed E-state index contributed by atoms with van der Waals surface area (Å²) in [6.07, 6.45) is 3.93. The Morgan fingerprint density at radius 1 is 0.775 bits per heavy atom. The Labute approximate surface area is 234 Å². The topological polar surface area (TPSA) is 84.9 Å². The number of methoxy groups -OCH3 is 6. The number of amides is 1. The summed E-state index contributed by atoms with van der Waals surface area (Å²) >= 11 is 0. The van der Waals surface area contributed by atoms with E-state index in [9.17, 15) is 4.79 Å². The van der Waals surface area contributed by atoms with E-state index in [-0.39, 0.29) is 18.6 Å². The van der Waals surface area contributed by atoms with Crippen molar-refractivity contribution >= 4 is 12.0 Å². The highest BCUT2D eigenvalue weighted by Gasteiger charge is 2.32. The van der Waals surface area contributed by atoms with Crippen molar-refractivity contribution in [1.82, 2.24) is 4.90 Å². The van der Waals surface area contributed by atoms with E-state index in [4.69, 9.17) is 33.2 Å². The van der Waals surface area contributed by atoms with Crippen molar-refractivity contribution < 1.29 is 38.0 Å². The van der Waals surface area contributed by atoms with Crippen LogP contribution in [0.4, 0.5) is 0 Å². The number of carbonyl (C=O) groups excluding carboxylic acids is 1. The maximum atomic E-state index is 13.7. The number of rotatable bonds is 11. The van der Waals surface area contributed by atoms with Crippen LogP contribution < -0.4 is 33.2 Å². The third kappa shape index (κ3) is 5.88. The summed E-state index contributed by atoms with van der Waals surface area (Å²) in [5.74, 6) is 3.78.